The van der Waals surface area contributed by atoms with Gasteiger partial charge in [0.25, 0.3) is 5.78 Å². The molecule has 3 heterocycles. The summed E-state index contributed by atoms with van der Waals surface area (Å²) in [5.74, 6) is -2.65. The van der Waals surface area contributed by atoms with Gasteiger partial charge in [-0.3, -0.25) is 0 Å². The van der Waals surface area contributed by atoms with E-state index >= 15 is 8.78 Å². The van der Waals surface area contributed by atoms with Crippen molar-refractivity contribution in [2.24, 2.45) is 5.41 Å². The fourth-order valence-corrected chi connectivity index (χ4v) is 4.52. The lowest BCUT2D eigenvalue weighted by Gasteiger charge is -2.53. The second-order valence-electron chi connectivity index (χ2n) is 8.52. The van der Waals surface area contributed by atoms with Gasteiger partial charge >= 0.3 is 6.18 Å². The molecule has 176 valence electrons. The molecule has 0 bridgehead atoms. The van der Waals surface area contributed by atoms with Crippen LogP contribution in [0.5, 0.6) is 5.75 Å². The molecule has 2 N–H and O–H groups in total. The van der Waals surface area contributed by atoms with Gasteiger partial charge in [0.2, 0.25) is 0 Å². The average Bonchev–Trinajstić information content (AvgIpc) is 3.11. The minimum absolute atomic E-state index is 0.00929. The van der Waals surface area contributed by atoms with Gasteiger partial charge < -0.3 is 15.4 Å². The van der Waals surface area contributed by atoms with Crippen LogP contribution >= 0.6 is 11.6 Å². The van der Waals surface area contributed by atoms with E-state index in [0.29, 0.717) is 0 Å². The Morgan fingerprint density at radius 2 is 1.88 bits per heavy atom. The summed E-state index contributed by atoms with van der Waals surface area (Å²) in [5.41, 5.74) is -0.845. The van der Waals surface area contributed by atoms with Gasteiger partial charge in [0.05, 0.1) is 17.2 Å². The zero-order valence-corrected chi connectivity index (χ0v) is 17.9. The molecule has 1 aliphatic heterocycles. The number of anilines is 1. The monoisotopic (exact) mass is 488 g/mol. The molecule has 2 fully saturated rings. The Balaban J connectivity index is 1.53. The molecule has 1 aromatic carbocycles. The molecule has 1 saturated carbocycles. The number of hydrogen-bond donors (Lipinski definition) is 2. The van der Waals surface area contributed by atoms with Gasteiger partial charge in [-0.15, -0.1) is 0 Å². The molecule has 2 aliphatic rings. The summed E-state index contributed by atoms with van der Waals surface area (Å²) in [6.45, 7) is 2.65. The number of nitrogens with zero attached hydrogens (tertiary/aromatic N) is 4. The van der Waals surface area contributed by atoms with Crippen molar-refractivity contribution in [1.82, 2.24) is 24.9 Å². The first-order valence-electron chi connectivity index (χ1n) is 10.2. The highest BCUT2D eigenvalue weighted by atomic mass is 35.5. The van der Waals surface area contributed by atoms with Crippen LogP contribution in [-0.2, 0) is 0 Å². The van der Waals surface area contributed by atoms with Crippen LogP contribution in [0.4, 0.5) is 27.8 Å². The summed E-state index contributed by atoms with van der Waals surface area (Å²) in [4.78, 5) is 7.71. The molecule has 0 amide bonds. The molecule has 1 spiro atoms. The number of nitrogens with one attached hydrogen (secondary N) is 2. The molecule has 7 nitrogen and oxygen atoms in total. The number of hydrogen-bond acceptors (Lipinski definition) is 6. The van der Waals surface area contributed by atoms with E-state index in [1.165, 1.54) is 0 Å². The number of halogens is 6. The summed E-state index contributed by atoms with van der Waals surface area (Å²) in [5, 5.41) is 8.78. The minimum atomic E-state index is -4.65. The van der Waals surface area contributed by atoms with Crippen LogP contribution < -0.4 is 15.4 Å². The summed E-state index contributed by atoms with van der Waals surface area (Å²) in [6.07, 6.45) is -2.19. The first-order chi connectivity index (χ1) is 15.6. The van der Waals surface area contributed by atoms with E-state index in [1.54, 1.807) is 0 Å². The van der Waals surface area contributed by atoms with Crippen LogP contribution in [0.15, 0.2) is 18.5 Å². The molecule has 3 aromatic rings. The molecular weight excluding hydrogens is 471 g/mol. The van der Waals surface area contributed by atoms with Crippen molar-refractivity contribution in [2.45, 2.75) is 38.1 Å². The number of rotatable bonds is 5. The lowest BCUT2D eigenvalue weighted by atomic mass is 9.63. The van der Waals surface area contributed by atoms with Crippen LogP contribution in [0.2, 0.25) is 5.15 Å². The second-order valence-corrected chi connectivity index (χ2v) is 8.88. The Morgan fingerprint density at radius 3 is 2.45 bits per heavy atom. The van der Waals surface area contributed by atoms with Crippen molar-refractivity contribution < 1.29 is 26.7 Å². The smallest absolute Gasteiger partial charge is 0.408 e. The Labute approximate surface area is 189 Å². The van der Waals surface area contributed by atoms with Crippen molar-refractivity contribution in [1.29, 1.82) is 0 Å². The Hall–Kier alpha value is -2.73. The van der Waals surface area contributed by atoms with E-state index in [1.807, 2.05) is 0 Å². The molecule has 13 heteroatoms. The van der Waals surface area contributed by atoms with Crippen LogP contribution in [0.3, 0.4) is 0 Å². The van der Waals surface area contributed by atoms with Crippen molar-refractivity contribution in [3.05, 3.63) is 35.2 Å². The quantitative estimate of drug-likeness (QED) is 0.414. The number of aromatic nitrogens is 4. The van der Waals surface area contributed by atoms with E-state index in [0.717, 1.165) is 55.8 Å². The van der Waals surface area contributed by atoms with Crippen molar-refractivity contribution in [3.63, 3.8) is 0 Å². The van der Waals surface area contributed by atoms with Crippen LogP contribution in [0, 0.1) is 17.0 Å². The number of alkyl halides is 3. The Bertz CT molecular complexity index is 1200. The van der Waals surface area contributed by atoms with E-state index in [2.05, 4.69) is 25.7 Å². The Morgan fingerprint density at radius 1 is 1.21 bits per heavy atom. The molecule has 0 unspecified atom stereocenters. The van der Waals surface area contributed by atoms with E-state index in [9.17, 15) is 13.2 Å². The lowest BCUT2D eigenvalue weighted by molar-refractivity contribution is -0.138. The maximum absolute atomic E-state index is 15.1. The SMILES string of the molecule is C[C@H](Nc1c(-c2c(F)cc(OC3CC4(CNC4)C3)cc2F)c(Cl)nc2ncnn12)C(F)(F)F. The summed E-state index contributed by atoms with van der Waals surface area (Å²) in [6, 6.07) is -0.106. The summed E-state index contributed by atoms with van der Waals surface area (Å²) in [7, 11) is 0. The van der Waals surface area contributed by atoms with Crippen molar-refractivity contribution >= 4 is 23.2 Å². The van der Waals surface area contributed by atoms with Gasteiger partial charge in [-0.05, 0) is 19.8 Å². The highest BCUT2D eigenvalue weighted by Crippen LogP contribution is 2.46. The van der Waals surface area contributed by atoms with Crippen LogP contribution in [0.25, 0.3) is 16.9 Å². The fraction of sp³-hybridized carbons (Fsp3) is 0.450. The third kappa shape index (κ3) is 3.84. The van der Waals surface area contributed by atoms with Gasteiger partial charge in [0.15, 0.2) is 0 Å². The zero-order chi connectivity index (χ0) is 23.5. The maximum Gasteiger partial charge on any atom is 0.408 e. The minimum Gasteiger partial charge on any atom is -0.490 e. The molecule has 1 aliphatic carbocycles. The van der Waals surface area contributed by atoms with E-state index < -0.39 is 46.0 Å². The highest BCUT2D eigenvalue weighted by Gasteiger charge is 2.49. The largest absolute Gasteiger partial charge is 0.490 e. The molecule has 1 saturated heterocycles. The standard InChI is InChI=1S/C20H18ClF5N6O/c1-9(20(24,25)26)30-17-15(16(21)31-18-28-8-29-32(17)18)14-12(22)2-10(3-13(14)23)33-11-4-19(5-11)6-27-7-19/h2-3,8-9,11,27,30H,4-7H2,1H3/t9-/m0/s1. The first kappa shape index (κ1) is 22.1. The summed E-state index contributed by atoms with van der Waals surface area (Å²) >= 11 is 6.17. The molecule has 33 heavy (non-hydrogen) atoms. The predicted octanol–water partition coefficient (Wildman–Crippen LogP) is 4.22. The van der Waals surface area contributed by atoms with Gasteiger partial charge in [-0.1, -0.05) is 11.6 Å². The molecule has 5 rings (SSSR count). The molecular formula is C20H18ClF5N6O. The third-order valence-corrected chi connectivity index (χ3v) is 6.39. The predicted molar refractivity (Wildman–Crippen MR) is 109 cm³/mol. The van der Waals surface area contributed by atoms with Crippen LogP contribution in [0.1, 0.15) is 19.8 Å². The van der Waals surface area contributed by atoms with Crippen molar-refractivity contribution in [3.8, 4) is 16.9 Å². The lowest BCUT2D eigenvalue weighted by Crippen LogP contribution is -2.62. The molecule has 1 atom stereocenters. The maximum atomic E-state index is 15.1. The van der Waals surface area contributed by atoms with Crippen molar-refractivity contribution in [2.75, 3.05) is 18.4 Å². The van der Waals surface area contributed by atoms with Gasteiger partial charge in [0, 0.05) is 30.6 Å². The number of fused-ring (bicyclic) bond motifs is 1. The normalized spacial score (nSPS) is 18.8. The third-order valence-electron chi connectivity index (χ3n) is 6.12. The fourth-order valence-electron chi connectivity index (χ4n) is 4.26. The van der Waals surface area contributed by atoms with Gasteiger partial charge in [0.1, 0.15) is 40.7 Å². The van der Waals surface area contributed by atoms with Gasteiger partial charge in [-0.25, -0.2) is 8.78 Å². The van der Waals surface area contributed by atoms with E-state index in [4.69, 9.17) is 16.3 Å². The van der Waals surface area contributed by atoms with Crippen LogP contribution in [-0.4, -0.2) is 51.0 Å². The van der Waals surface area contributed by atoms with E-state index in [-0.39, 0.29) is 23.0 Å². The Kier molecular flexibility index (Phi) is 5.12. The number of benzene rings is 1. The highest BCUT2D eigenvalue weighted by molar-refractivity contribution is 6.33. The molecule has 0 radical (unpaired) electrons. The summed E-state index contributed by atoms with van der Waals surface area (Å²) < 4.78 is 76.6. The molecule has 2 aromatic heterocycles. The average molecular weight is 489 g/mol. The number of ether oxygens (including phenoxy) is 1. The second kappa shape index (κ2) is 7.66. The zero-order valence-electron chi connectivity index (χ0n) is 17.2. The first-order valence-corrected chi connectivity index (χ1v) is 10.5. The van der Waals surface area contributed by atoms with Gasteiger partial charge in [-0.2, -0.15) is 32.8 Å². The topological polar surface area (TPSA) is 76.4 Å².